The minimum Gasteiger partial charge on any atom is -0.394 e. The fourth-order valence-electron chi connectivity index (χ4n) is 3.90. The van der Waals surface area contributed by atoms with Gasteiger partial charge < -0.3 is 15.7 Å². The van der Waals surface area contributed by atoms with Crippen LogP contribution in [0.25, 0.3) is 0 Å². The van der Waals surface area contributed by atoms with E-state index in [-0.39, 0.29) is 35.1 Å². The van der Waals surface area contributed by atoms with Crippen LogP contribution in [0.2, 0.25) is 0 Å². The van der Waals surface area contributed by atoms with E-state index in [1.807, 2.05) is 6.07 Å². The van der Waals surface area contributed by atoms with Crippen molar-refractivity contribution in [1.82, 2.24) is 21.5 Å². The molecule has 1 aromatic carbocycles. The molecule has 0 aromatic heterocycles. The van der Waals surface area contributed by atoms with Crippen LogP contribution < -0.4 is 21.5 Å². The zero-order valence-corrected chi connectivity index (χ0v) is 16.2. The van der Waals surface area contributed by atoms with Gasteiger partial charge in [-0.2, -0.15) is 10.5 Å². The van der Waals surface area contributed by atoms with Crippen molar-refractivity contribution in [1.29, 1.82) is 10.5 Å². The third-order valence-electron chi connectivity index (χ3n) is 5.44. The van der Waals surface area contributed by atoms with Crippen molar-refractivity contribution < 1.29 is 19.1 Å². The minimum atomic E-state index is -1.03. The maximum Gasteiger partial charge on any atom is 0.247 e. The zero-order chi connectivity index (χ0) is 21.8. The quantitative estimate of drug-likeness (QED) is 0.444. The van der Waals surface area contributed by atoms with Gasteiger partial charge in [-0.05, 0) is 19.1 Å². The Morgan fingerprint density at radius 2 is 2.20 bits per heavy atom. The molecule has 1 fully saturated rings. The van der Waals surface area contributed by atoms with E-state index in [2.05, 4.69) is 27.6 Å². The summed E-state index contributed by atoms with van der Waals surface area (Å²) in [6.07, 6.45) is -0.277. The maximum absolute atomic E-state index is 14.2. The number of benzene rings is 1. The van der Waals surface area contributed by atoms with Crippen LogP contribution in [-0.2, 0) is 9.59 Å². The summed E-state index contributed by atoms with van der Waals surface area (Å²) in [5.41, 5.74) is 6.79. The molecule has 10 heteroatoms. The van der Waals surface area contributed by atoms with Crippen LogP contribution in [0.3, 0.4) is 0 Å². The highest BCUT2D eigenvalue weighted by Gasteiger charge is 2.41. The van der Waals surface area contributed by atoms with Crippen LogP contribution in [0.5, 0.6) is 0 Å². The Morgan fingerprint density at radius 3 is 2.83 bits per heavy atom. The van der Waals surface area contributed by atoms with E-state index < -0.39 is 36.3 Å². The van der Waals surface area contributed by atoms with Crippen molar-refractivity contribution >= 4 is 11.8 Å². The molecule has 2 amide bonds. The van der Waals surface area contributed by atoms with Crippen LogP contribution in [0, 0.1) is 34.4 Å². The number of hydrogen-bond acceptors (Lipinski definition) is 7. The van der Waals surface area contributed by atoms with E-state index in [0.29, 0.717) is 12.1 Å². The number of carbonyl (C=O) groups excluding carboxylic acids is 2. The number of amides is 2. The van der Waals surface area contributed by atoms with Crippen LogP contribution >= 0.6 is 0 Å². The topological polar surface area (TPSA) is 150 Å². The minimum absolute atomic E-state index is 0.0378. The van der Waals surface area contributed by atoms with Gasteiger partial charge in [-0.3, -0.25) is 15.0 Å². The number of rotatable bonds is 5. The Kier molecular flexibility index (Phi) is 6.43. The summed E-state index contributed by atoms with van der Waals surface area (Å²) < 4.78 is 14.2. The highest BCUT2D eigenvalue weighted by atomic mass is 19.1. The number of nitriles is 2. The van der Waals surface area contributed by atoms with Gasteiger partial charge in [-0.25, -0.2) is 9.82 Å². The van der Waals surface area contributed by atoms with Gasteiger partial charge in [0.25, 0.3) is 0 Å². The number of halogens is 1. The van der Waals surface area contributed by atoms with Gasteiger partial charge in [0.15, 0.2) is 0 Å². The number of aliphatic hydroxyl groups excluding tert-OH is 1. The summed E-state index contributed by atoms with van der Waals surface area (Å²) in [5, 5.41) is 33.2. The van der Waals surface area contributed by atoms with Crippen molar-refractivity contribution in [2.24, 2.45) is 5.92 Å². The van der Waals surface area contributed by atoms with Crippen molar-refractivity contribution in [2.45, 2.75) is 31.5 Å². The molecule has 3 rings (SSSR count). The predicted molar refractivity (Wildman–Crippen MR) is 102 cm³/mol. The summed E-state index contributed by atoms with van der Waals surface area (Å²) >= 11 is 0. The second-order valence-electron chi connectivity index (χ2n) is 7.23. The first kappa shape index (κ1) is 21.4. The molecule has 1 saturated heterocycles. The Balaban J connectivity index is 1.78. The number of nitrogens with one attached hydrogen (secondary N) is 4. The molecule has 0 radical (unpaired) electrons. The molecule has 0 spiro atoms. The van der Waals surface area contributed by atoms with Crippen molar-refractivity contribution in [3.8, 4) is 12.1 Å². The first-order valence-electron chi connectivity index (χ1n) is 9.37. The molecule has 9 nitrogen and oxygen atoms in total. The van der Waals surface area contributed by atoms with Gasteiger partial charge in [0.2, 0.25) is 11.8 Å². The van der Waals surface area contributed by atoms with E-state index in [9.17, 15) is 24.3 Å². The molecular weight excluding hydrogens is 391 g/mol. The molecule has 4 atom stereocenters. The van der Waals surface area contributed by atoms with Gasteiger partial charge in [-0.1, -0.05) is 11.6 Å². The van der Waals surface area contributed by atoms with Crippen molar-refractivity contribution in [3.05, 3.63) is 46.3 Å². The lowest BCUT2D eigenvalue weighted by atomic mass is 9.79. The van der Waals surface area contributed by atoms with Gasteiger partial charge in [0.1, 0.15) is 11.9 Å². The molecule has 156 valence electrons. The smallest absolute Gasteiger partial charge is 0.247 e. The molecule has 3 unspecified atom stereocenters. The molecule has 1 aromatic rings. The zero-order valence-electron chi connectivity index (χ0n) is 16.2. The summed E-state index contributed by atoms with van der Waals surface area (Å²) in [6.45, 7) is 1.60. The van der Waals surface area contributed by atoms with Crippen molar-refractivity contribution in [3.63, 3.8) is 0 Å². The molecule has 0 saturated carbocycles. The average molecular weight is 412 g/mol. The largest absolute Gasteiger partial charge is 0.394 e. The third-order valence-corrected chi connectivity index (χ3v) is 5.44. The Labute approximate surface area is 172 Å². The van der Waals surface area contributed by atoms with E-state index in [0.717, 1.165) is 6.07 Å². The second kappa shape index (κ2) is 9.01. The van der Waals surface area contributed by atoms with Gasteiger partial charge >= 0.3 is 0 Å². The predicted octanol–water partition coefficient (Wildman–Crippen LogP) is -0.332. The number of nitrogens with zero attached hydrogens (tertiary/aromatic N) is 2. The first-order valence-corrected chi connectivity index (χ1v) is 9.37. The number of carbonyl (C=O) groups is 2. The highest BCUT2D eigenvalue weighted by molar-refractivity contribution is 6.00. The molecule has 0 aliphatic carbocycles. The SMILES string of the molecule is CC1=C(CC(=O)N[C@@H](CO)c2ccc(C#N)cc2F)C(=O)NC2CNNC(C#N)C12. The van der Waals surface area contributed by atoms with E-state index >= 15 is 0 Å². The maximum atomic E-state index is 14.2. The van der Waals surface area contributed by atoms with E-state index in [4.69, 9.17) is 5.26 Å². The monoisotopic (exact) mass is 412 g/mol. The number of hydrazine groups is 1. The molecule has 2 heterocycles. The van der Waals surface area contributed by atoms with Gasteiger partial charge in [-0.15, -0.1) is 0 Å². The van der Waals surface area contributed by atoms with Gasteiger partial charge in [0, 0.05) is 23.6 Å². The second-order valence-corrected chi connectivity index (χ2v) is 7.23. The van der Waals surface area contributed by atoms with Gasteiger partial charge in [0.05, 0.1) is 42.8 Å². The number of fused-ring (bicyclic) bond motifs is 1. The Bertz CT molecular complexity index is 980. The average Bonchev–Trinajstić information content (AvgIpc) is 2.74. The number of hydrogen-bond donors (Lipinski definition) is 5. The fraction of sp³-hybridized carbons (Fsp3) is 0.400. The molecular formula is C20H21FN6O3. The van der Waals surface area contributed by atoms with E-state index in [1.165, 1.54) is 12.1 Å². The Hall–Kier alpha value is -3.31. The molecule has 2 aliphatic heterocycles. The lowest BCUT2D eigenvalue weighted by molar-refractivity contribution is -0.125. The fourth-order valence-corrected chi connectivity index (χ4v) is 3.90. The standard InChI is InChI=1S/C20H21FN6O3/c1-10-13(20(30)26-16-8-24-27-15(7-23)19(10)16)5-18(29)25-17(9-28)12-3-2-11(6-22)4-14(12)21/h2-4,15-17,19,24,27-28H,5,8-9H2,1H3,(H,25,29)(H,26,30)/t15?,16?,17-,19?/m0/s1. The van der Waals surface area contributed by atoms with Crippen LogP contribution in [0.15, 0.2) is 29.3 Å². The Morgan fingerprint density at radius 1 is 1.43 bits per heavy atom. The normalized spacial score (nSPS) is 24.2. The third kappa shape index (κ3) is 4.16. The van der Waals surface area contributed by atoms with Crippen LogP contribution in [-0.4, -0.2) is 42.2 Å². The lowest BCUT2D eigenvalue weighted by Gasteiger charge is -2.41. The summed E-state index contributed by atoms with van der Waals surface area (Å²) in [4.78, 5) is 25.1. The van der Waals surface area contributed by atoms with Crippen molar-refractivity contribution in [2.75, 3.05) is 13.2 Å². The molecule has 5 N–H and O–H groups in total. The van der Waals surface area contributed by atoms with Crippen LogP contribution in [0.4, 0.5) is 4.39 Å². The lowest BCUT2D eigenvalue weighted by Crippen LogP contribution is -2.64. The molecule has 2 aliphatic rings. The summed E-state index contributed by atoms with van der Waals surface area (Å²) in [5.74, 6) is -1.98. The highest BCUT2D eigenvalue weighted by Crippen LogP contribution is 2.30. The summed E-state index contributed by atoms with van der Waals surface area (Å²) in [7, 11) is 0. The summed E-state index contributed by atoms with van der Waals surface area (Å²) in [6, 6.07) is 5.83. The molecule has 30 heavy (non-hydrogen) atoms. The molecule has 0 bridgehead atoms. The first-order chi connectivity index (χ1) is 14.4. The number of aliphatic hydroxyl groups is 1. The van der Waals surface area contributed by atoms with Crippen LogP contribution in [0.1, 0.15) is 30.5 Å². The van der Waals surface area contributed by atoms with E-state index in [1.54, 1.807) is 6.92 Å².